The number of nitrogens with two attached hydrogens (primary N) is 1. The summed E-state index contributed by atoms with van der Waals surface area (Å²) in [6.45, 7) is 1.72. The van der Waals surface area contributed by atoms with Gasteiger partial charge in [-0.3, -0.25) is 0 Å². The minimum Gasteiger partial charge on any atom is -0.355 e. The van der Waals surface area contributed by atoms with Gasteiger partial charge in [-0.05, 0) is 25.0 Å². The van der Waals surface area contributed by atoms with Gasteiger partial charge < -0.3 is 21.0 Å². The van der Waals surface area contributed by atoms with Crippen LogP contribution in [0.15, 0.2) is 24.7 Å². The number of hydrogen-bond donors (Lipinski definition) is 3. The summed E-state index contributed by atoms with van der Waals surface area (Å²) < 4.78 is 12.9. The van der Waals surface area contributed by atoms with Crippen molar-refractivity contribution >= 4 is 26.8 Å². The maximum atomic E-state index is 12.9. The van der Waals surface area contributed by atoms with E-state index in [0.29, 0.717) is 5.82 Å². The summed E-state index contributed by atoms with van der Waals surface area (Å²) in [5.41, 5.74) is 7.37. The predicted molar refractivity (Wildman–Crippen MR) is 100 cm³/mol. The molecule has 132 valence electrons. The Morgan fingerprint density at radius 3 is 3.08 bits per heavy atom. The fourth-order valence-electron chi connectivity index (χ4n) is 2.70. The molecular formula is C16H21FN7P. The lowest BCUT2D eigenvalue weighted by Crippen LogP contribution is -2.43. The van der Waals surface area contributed by atoms with Gasteiger partial charge in [-0.2, -0.15) is 0 Å². The largest absolute Gasteiger partial charge is 0.355 e. The number of alkyl halides is 1. The van der Waals surface area contributed by atoms with Crippen molar-refractivity contribution < 1.29 is 4.39 Å². The van der Waals surface area contributed by atoms with Crippen LogP contribution >= 0.6 is 9.24 Å². The highest BCUT2D eigenvalue weighted by molar-refractivity contribution is 7.19. The van der Waals surface area contributed by atoms with Crippen molar-refractivity contribution in [3.63, 3.8) is 0 Å². The van der Waals surface area contributed by atoms with E-state index in [1.807, 2.05) is 15.3 Å². The quantitative estimate of drug-likeness (QED) is 0.558. The van der Waals surface area contributed by atoms with E-state index < -0.39 is 5.91 Å². The highest BCUT2D eigenvalue weighted by atomic mass is 31.0. The van der Waals surface area contributed by atoms with Crippen LogP contribution in [0.1, 0.15) is 18.7 Å². The van der Waals surface area contributed by atoms with Gasteiger partial charge in [-0.15, -0.1) is 0 Å². The zero-order chi connectivity index (χ0) is 17.8. The summed E-state index contributed by atoms with van der Waals surface area (Å²) in [4.78, 5) is 18.1. The molecule has 1 saturated heterocycles. The Balaban J connectivity index is 1.76. The van der Waals surface area contributed by atoms with Crippen molar-refractivity contribution in [1.29, 1.82) is 5.41 Å². The smallest absolute Gasteiger partial charge is 0.154 e. The van der Waals surface area contributed by atoms with Crippen LogP contribution < -0.4 is 10.6 Å². The molecule has 3 heterocycles. The zero-order valence-electron chi connectivity index (χ0n) is 13.7. The Morgan fingerprint density at radius 1 is 1.48 bits per heavy atom. The first kappa shape index (κ1) is 17.6. The van der Waals surface area contributed by atoms with E-state index in [1.54, 1.807) is 12.3 Å². The fraction of sp³-hybridized carbons (Fsp3) is 0.375. The van der Waals surface area contributed by atoms with Crippen LogP contribution in [0.25, 0.3) is 17.5 Å². The van der Waals surface area contributed by atoms with E-state index in [-0.39, 0.29) is 11.8 Å². The molecule has 1 aliphatic rings. The third kappa shape index (κ3) is 4.46. The number of nitrogens with zero attached hydrogens (tertiary/aromatic N) is 4. The Bertz CT molecular complexity index is 773. The Labute approximate surface area is 147 Å². The maximum Gasteiger partial charge on any atom is 0.154 e. The molecule has 1 aliphatic heterocycles. The SMILES string of the molecule is N=C(/C=C\c1ncc(-c2cc(N3CCCC(N)C3)ncn2)[nH]1)C(F)P. The Morgan fingerprint density at radius 2 is 2.32 bits per heavy atom. The molecule has 3 rings (SSSR count). The van der Waals surface area contributed by atoms with E-state index >= 15 is 0 Å². The molecule has 0 aromatic carbocycles. The number of piperidine rings is 1. The lowest BCUT2D eigenvalue weighted by molar-refractivity contribution is 0.503. The molecular weight excluding hydrogens is 340 g/mol. The summed E-state index contributed by atoms with van der Waals surface area (Å²) in [6, 6.07) is 2.07. The van der Waals surface area contributed by atoms with E-state index in [0.717, 1.165) is 43.1 Å². The number of halogens is 1. The average Bonchev–Trinajstić information content (AvgIpc) is 3.09. The van der Waals surface area contributed by atoms with Gasteiger partial charge in [0, 0.05) is 25.2 Å². The van der Waals surface area contributed by atoms with E-state index in [4.69, 9.17) is 11.1 Å². The Hall–Kier alpha value is -2.18. The van der Waals surface area contributed by atoms with Crippen molar-refractivity contribution in [2.45, 2.75) is 24.8 Å². The normalized spacial score (nSPS) is 19.3. The molecule has 9 heteroatoms. The number of anilines is 1. The molecule has 7 nitrogen and oxygen atoms in total. The van der Waals surface area contributed by atoms with E-state index in [9.17, 15) is 4.39 Å². The first-order chi connectivity index (χ1) is 12.0. The highest BCUT2D eigenvalue weighted by Gasteiger charge is 2.18. The second kappa shape index (κ2) is 7.80. The monoisotopic (exact) mass is 361 g/mol. The number of aromatic nitrogens is 4. The topological polar surface area (TPSA) is 108 Å². The molecule has 0 bridgehead atoms. The predicted octanol–water partition coefficient (Wildman–Crippen LogP) is 2.00. The van der Waals surface area contributed by atoms with E-state index in [1.165, 1.54) is 12.4 Å². The number of aromatic amines is 1. The molecule has 1 fully saturated rings. The zero-order valence-corrected chi connectivity index (χ0v) is 14.8. The summed E-state index contributed by atoms with van der Waals surface area (Å²) in [5, 5.41) is 7.46. The summed E-state index contributed by atoms with van der Waals surface area (Å²) in [7, 11) is 1.94. The van der Waals surface area contributed by atoms with Crippen LogP contribution in [0.5, 0.6) is 0 Å². The minimum atomic E-state index is -1.38. The van der Waals surface area contributed by atoms with Gasteiger partial charge >= 0.3 is 0 Å². The fourth-order valence-corrected chi connectivity index (χ4v) is 2.81. The third-order valence-corrected chi connectivity index (χ3v) is 4.38. The lowest BCUT2D eigenvalue weighted by atomic mass is 10.1. The van der Waals surface area contributed by atoms with Crippen molar-refractivity contribution in [1.82, 2.24) is 19.9 Å². The summed E-state index contributed by atoms with van der Waals surface area (Å²) in [6.07, 6.45) is 8.21. The van der Waals surface area contributed by atoms with Crippen molar-refractivity contribution in [3.05, 3.63) is 30.5 Å². The van der Waals surface area contributed by atoms with Crippen LogP contribution in [0, 0.1) is 5.41 Å². The third-order valence-electron chi connectivity index (χ3n) is 4.02. The van der Waals surface area contributed by atoms with Gasteiger partial charge in [0.05, 0.1) is 23.3 Å². The van der Waals surface area contributed by atoms with Crippen LogP contribution in [0.3, 0.4) is 0 Å². The standard InChI is InChI=1S/C16H21FN7P/c17-16(25)11(19)3-4-14-20-7-13(23-14)12-6-15(22-9-21-12)24-5-1-2-10(18)8-24/h3-4,6-7,9-10,16,19H,1-2,5,8,18,25H2,(H,20,23)/b4-3-,19-11?. The van der Waals surface area contributed by atoms with Gasteiger partial charge in [-0.1, -0.05) is 9.24 Å². The molecule has 3 unspecified atom stereocenters. The summed E-state index contributed by atoms with van der Waals surface area (Å²) >= 11 is 0. The number of H-pyrrole nitrogens is 1. The number of allylic oxidation sites excluding steroid dienone is 1. The average molecular weight is 361 g/mol. The first-order valence-corrected chi connectivity index (χ1v) is 8.73. The number of hydrogen-bond acceptors (Lipinski definition) is 6. The van der Waals surface area contributed by atoms with Gasteiger partial charge in [0.15, 0.2) is 5.91 Å². The molecule has 4 N–H and O–H groups in total. The summed E-state index contributed by atoms with van der Waals surface area (Å²) in [5.74, 6) is -0.00604. The first-order valence-electron chi connectivity index (χ1n) is 8.07. The molecule has 2 aromatic heterocycles. The van der Waals surface area contributed by atoms with Gasteiger partial charge in [0.25, 0.3) is 0 Å². The van der Waals surface area contributed by atoms with Gasteiger partial charge in [0.2, 0.25) is 0 Å². The molecule has 0 saturated carbocycles. The maximum absolute atomic E-state index is 12.9. The van der Waals surface area contributed by atoms with Crippen molar-refractivity contribution in [2.75, 3.05) is 18.0 Å². The highest BCUT2D eigenvalue weighted by Crippen LogP contribution is 2.22. The van der Waals surface area contributed by atoms with Gasteiger partial charge in [-0.25, -0.2) is 19.3 Å². The number of imidazole rings is 1. The molecule has 0 amide bonds. The van der Waals surface area contributed by atoms with Crippen LogP contribution in [0.4, 0.5) is 10.2 Å². The van der Waals surface area contributed by atoms with Crippen molar-refractivity contribution in [3.8, 4) is 11.4 Å². The van der Waals surface area contributed by atoms with Crippen LogP contribution in [-0.4, -0.2) is 50.7 Å². The van der Waals surface area contributed by atoms with Crippen molar-refractivity contribution in [2.24, 2.45) is 5.73 Å². The van der Waals surface area contributed by atoms with Crippen LogP contribution in [-0.2, 0) is 0 Å². The molecule has 0 radical (unpaired) electrons. The molecule has 25 heavy (non-hydrogen) atoms. The van der Waals surface area contributed by atoms with E-state index in [2.05, 4.69) is 24.8 Å². The number of nitrogens with one attached hydrogen (secondary N) is 2. The van der Waals surface area contributed by atoms with Gasteiger partial charge in [0.1, 0.15) is 18.0 Å². The van der Waals surface area contributed by atoms with Crippen LogP contribution in [0.2, 0.25) is 0 Å². The second-order valence-electron chi connectivity index (χ2n) is 5.98. The Kier molecular flexibility index (Phi) is 5.50. The molecule has 3 atom stereocenters. The second-order valence-corrected chi connectivity index (χ2v) is 6.57. The molecule has 0 spiro atoms. The molecule has 0 aliphatic carbocycles. The minimum absolute atomic E-state index is 0.131. The number of rotatable bonds is 5. The molecule has 2 aromatic rings. The lowest BCUT2D eigenvalue weighted by Gasteiger charge is -2.31.